The Hall–Kier alpha value is -1.44. The van der Waals surface area contributed by atoms with Crippen molar-refractivity contribution in [2.24, 2.45) is 0 Å². The third kappa shape index (κ3) is 6.32. The van der Waals surface area contributed by atoms with Crippen LogP contribution in [-0.2, 0) is 4.79 Å². The van der Waals surface area contributed by atoms with Gasteiger partial charge in [0.2, 0.25) is 11.6 Å². The Balaban J connectivity index is 2.16. The van der Waals surface area contributed by atoms with Gasteiger partial charge in [0.05, 0.1) is 0 Å². The number of rotatable bonds is 10. The molecule has 0 saturated carbocycles. The number of hydrogen-bond acceptors (Lipinski definition) is 2. The number of carbonyl (C=O) groups is 2. The summed E-state index contributed by atoms with van der Waals surface area (Å²) < 4.78 is 0. The number of carbonyl (C=O) groups excluding carboxylic acids is 2. The van der Waals surface area contributed by atoms with Crippen molar-refractivity contribution in [3.05, 3.63) is 35.9 Å². The van der Waals surface area contributed by atoms with Crippen LogP contribution in [0.1, 0.15) is 68.6 Å². The second-order valence-electron chi connectivity index (χ2n) is 4.99. The minimum atomic E-state index is -0.341. The van der Waals surface area contributed by atoms with Crippen molar-refractivity contribution in [1.82, 2.24) is 0 Å². The summed E-state index contributed by atoms with van der Waals surface area (Å²) in [7, 11) is 0. The molecule has 0 aromatic heterocycles. The molecule has 1 aromatic carbocycles. The van der Waals surface area contributed by atoms with E-state index in [0.717, 1.165) is 12.8 Å². The highest BCUT2D eigenvalue weighted by molar-refractivity contribution is 6.43. The lowest BCUT2D eigenvalue weighted by molar-refractivity contribution is -0.115. The summed E-state index contributed by atoms with van der Waals surface area (Å²) in [5.41, 5.74) is 0.510. The lowest BCUT2D eigenvalue weighted by Gasteiger charge is -2.01. The van der Waals surface area contributed by atoms with Gasteiger partial charge in [-0.05, 0) is 6.42 Å². The number of unbranched alkanes of at least 4 members (excludes halogenated alkanes) is 6. The van der Waals surface area contributed by atoms with Crippen molar-refractivity contribution in [3.63, 3.8) is 0 Å². The Bertz CT molecular complexity index is 382. The molecule has 2 heteroatoms. The molecule has 0 aliphatic heterocycles. The molecule has 0 heterocycles. The molecular weight excluding hydrogens is 236 g/mol. The van der Waals surface area contributed by atoms with E-state index in [2.05, 4.69) is 6.92 Å². The maximum atomic E-state index is 11.8. The Morgan fingerprint density at radius 2 is 1.42 bits per heavy atom. The van der Waals surface area contributed by atoms with E-state index in [9.17, 15) is 9.59 Å². The third-order valence-electron chi connectivity index (χ3n) is 3.30. The highest BCUT2D eigenvalue weighted by atomic mass is 16.2. The smallest absolute Gasteiger partial charge is 0.228 e. The van der Waals surface area contributed by atoms with Crippen LogP contribution in [0.2, 0.25) is 0 Å². The van der Waals surface area contributed by atoms with Crippen LogP contribution in [-0.4, -0.2) is 11.6 Å². The molecule has 1 rings (SSSR count). The molecule has 0 aliphatic carbocycles. The maximum absolute atomic E-state index is 11.8. The molecule has 0 unspecified atom stereocenters. The molecule has 0 bridgehead atoms. The van der Waals surface area contributed by atoms with Crippen molar-refractivity contribution >= 4 is 11.6 Å². The standard InChI is InChI=1S/C17H24O2/c1-2-3-4-5-6-7-11-14-16(18)17(19)15-12-9-8-10-13-15/h8-10,12-13H,2-7,11,14H2,1H3. The van der Waals surface area contributed by atoms with Gasteiger partial charge in [0.15, 0.2) is 0 Å². The summed E-state index contributed by atoms with van der Waals surface area (Å²) in [6.07, 6.45) is 8.53. The summed E-state index contributed by atoms with van der Waals surface area (Å²) in [5, 5.41) is 0. The van der Waals surface area contributed by atoms with Crippen LogP contribution in [0.3, 0.4) is 0 Å². The molecule has 1 aromatic rings. The quantitative estimate of drug-likeness (QED) is 0.350. The first-order valence-electron chi connectivity index (χ1n) is 7.38. The fourth-order valence-corrected chi connectivity index (χ4v) is 2.11. The van der Waals surface area contributed by atoms with E-state index in [1.165, 1.54) is 32.1 Å². The number of Topliss-reactive ketones (excluding diaryl/α,β-unsaturated/α-hetero) is 2. The molecule has 0 spiro atoms. The van der Waals surface area contributed by atoms with Crippen LogP contribution < -0.4 is 0 Å². The van der Waals surface area contributed by atoms with Gasteiger partial charge in [-0.3, -0.25) is 9.59 Å². The van der Waals surface area contributed by atoms with E-state index < -0.39 is 0 Å². The van der Waals surface area contributed by atoms with Gasteiger partial charge in [0.1, 0.15) is 0 Å². The molecule has 0 saturated heterocycles. The average Bonchev–Trinajstić information content (AvgIpc) is 2.46. The first-order chi connectivity index (χ1) is 9.25. The van der Waals surface area contributed by atoms with Crippen molar-refractivity contribution in [2.45, 2.75) is 58.3 Å². The Labute approximate surface area is 116 Å². The average molecular weight is 260 g/mol. The number of benzene rings is 1. The zero-order chi connectivity index (χ0) is 13.9. The Morgan fingerprint density at radius 1 is 0.842 bits per heavy atom. The molecule has 0 N–H and O–H groups in total. The minimum absolute atomic E-state index is 0.250. The normalized spacial score (nSPS) is 10.4. The number of ketones is 2. The lowest BCUT2D eigenvalue weighted by atomic mass is 10.0. The van der Waals surface area contributed by atoms with Crippen LogP contribution in [0, 0.1) is 0 Å². The monoisotopic (exact) mass is 260 g/mol. The topological polar surface area (TPSA) is 34.1 Å². The van der Waals surface area contributed by atoms with Crippen molar-refractivity contribution in [1.29, 1.82) is 0 Å². The fourth-order valence-electron chi connectivity index (χ4n) is 2.11. The van der Waals surface area contributed by atoms with Gasteiger partial charge >= 0.3 is 0 Å². The molecule has 104 valence electrons. The molecule has 0 aliphatic rings. The zero-order valence-electron chi connectivity index (χ0n) is 11.9. The fraction of sp³-hybridized carbons (Fsp3) is 0.529. The van der Waals surface area contributed by atoms with E-state index in [1.807, 2.05) is 6.07 Å². The van der Waals surface area contributed by atoms with Gasteiger partial charge in [-0.15, -0.1) is 0 Å². The van der Waals surface area contributed by atoms with E-state index in [-0.39, 0.29) is 11.6 Å². The molecule has 0 radical (unpaired) electrons. The van der Waals surface area contributed by atoms with E-state index in [0.29, 0.717) is 12.0 Å². The summed E-state index contributed by atoms with van der Waals surface area (Å²) in [4.78, 5) is 23.5. The van der Waals surface area contributed by atoms with E-state index in [4.69, 9.17) is 0 Å². The molecule has 19 heavy (non-hydrogen) atoms. The van der Waals surface area contributed by atoms with Crippen molar-refractivity contribution in [3.8, 4) is 0 Å². The summed E-state index contributed by atoms with van der Waals surface area (Å²) in [6.45, 7) is 2.20. The first-order valence-corrected chi connectivity index (χ1v) is 7.38. The molecule has 0 atom stereocenters. The van der Waals surface area contributed by atoms with E-state index in [1.54, 1.807) is 24.3 Å². The van der Waals surface area contributed by atoms with Crippen LogP contribution >= 0.6 is 0 Å². The lowest BCUT2D eigenvalue weighted by Crippen LogP contribution is -2.13. The Kier molecular flexibility index (Phi) is 7.80. The molecule has 0 amide bonds. The van der Waals surface area contributed by atoms with Crippen LogP contribution in [0.25, 0.3) is 0 Å². The van der Waals surface area contributed by atoms with Gasteiger partial charge in [-0.1, -0.05) is 75.8 Å². The largest absolute Gasteiger partial charge is 0.290 e. The van der Waals surface area contributed by atoms with Gasteiger partial charge in [-0.25, -0.2) is 0 Å². The molecule has 0 fully saturated rings. The van der Waals surface area contributed by atoms with Crippen LogP contribution in [0.15, 0.2) is 30.3 Å². The third-order valence-corrected chi connectivity index (χ3v) is 3.30. The molecule has 2 nitrogen and oxygen atoms in total. The van der Waals surface area contributed by atoms with Crippen molar-refractivity contribution in [2.75, 3.05) is 0 Å². The van der Waals surface area contributed by atoms with Gasteiger partial charge in [0.25, 0.3) is 0 Å². The predicted molar refractivity (Wildman–Crippen MR) is 78.4 cm³/mol. The maximum Gasteiger partial charge on any atom is 0.228 e. The van der Waals surface area contributed by atoms with Crippen LogP contribution in [0.4, 0.5) is 0 Å². The summed E-state index contributed by atoms with van der Waals surface area (Å²) in [6, 6.07) is 8.82. The Morgan fingerprint density at radius 3 is 2.05 bits per heavy atom. The van der Waals surface area contributed by atoms with Crippen LogP contribution in [0.5, 0.6) is 0 Å². The molecular formula is C17H24O2. The highest BCUT2D eigenvalue weighted by Crippen LogP contribution is 2.10. The summed E-state index contributed by atoms with van der Waals surface area (Å²) >= 11 is 0. The first kappa shape index (κ1) is 15.6. The SMILES string of the molecule is CCCCCCCCCC(=O)C(=O)c1ccccc1. The second-order valence-corrected chi connectivity index (χ2v) is 4.99. The number of hydrogen-bond donors (Lipinski definition) is 0. The van der Waals surface area contributed by atoms with Gasteiger partial charge < -0.3 is 0 Å². The minimum Gasteiger partial charge on any atom is -0.290 e. The highest BCUT2D eigenvalue weighted by Gasteiger charge is 2.14. The van der Waals surface area contributed by atoms with Crippen molar-refractivity contribution < 1.29 is 9.59 Å². The van der Waals surface area contributed by atoms with Gasteiger partial charge in [-0.2, -0.15) is 0 Å². The van der Waals surface area contributed by atoms with Gasteiger partial charge in [0, 0.05) is 12.0 Å². The predicted octanol–water partition coefficient (Wildman–Crippen LogP) is 4.58. The van der Waals surface area contributed by atoms with E-state index >= 15 is 0 Å². The second kappa shape index (κ2) is 9.48. The zero-order valence-corrected chi connectivity index (χ0v) is 11.9. The summed E-state index contributed by atoms with van der Waals surface area (Å²) in [5.74, 6) is -0.591.